The van der Waals surface area contributed by atoms with E-state index in [0.29, 0.717) is 12.4 Å². The second-order valence-electron chi connectivity index (χ2n) is 3.73. The summed E-state index contributed by atoms with van der Waals surface area (Å²) in [5, 5.41) is 13.7. The zero-order valence-electron chi connectivity index (χ0n) is 9.54. The summed E-state index contributed by atoms with van der Waals surface area (Å²) in [7, 11) is 0. The Labute approximate surface area is 104 Å². The molecule has 6 nitrogen and oxygen atoms in total. The molecule has 0 spiro atoms. The molecule has 0 aliphatic carbocycles. The summed E-state index contributed by atoms with van der Waals surface area (Å²) >= 11 is 0. The van der Waals surface area contributed by atoms with Gasteiger partial charge in [-0.3, -0.25) is 10.1 Å². The van der Waals surface area contributed by atoms with Crippen molar-refractivity contribution in [3.63, 3.8) is 0 Å². The van der Waals surface area contributed by atoms with Crippen LogP contribution in [0.4, 0.5) is 17.3 Å². The van der Waals surface area contributed by atoms with Crippen LogP contribution in [0.5, 0.6) is 0 Å². The summed E-state index contributed by atoms with van der Waals surface area (Å²) in [6.07, 6.45) is 0. The van der Waals surface area contributed by atoms with Gasteiger partial charge in [0.1, 0.15) is 11.6 Å². The molecule has 0 fully saturated rings. The SMILES string of the molecule is Nc1cc([N+](=O)[O-])cc(NCc2ccccc2)n1. The smallest absolute Gasteiger partial charge is 0.276 e. The van der Waals surface area contributed by atoms with E-state index in [1.165, 1.54) is 12.1 Å². The van der Waals surface area contributed by atoms with Crippen molar-refractivity contribution in [2.45, 2.75) is 6.54 Å². The molecule has 0 aliphatic rings. The van der Waals surface area contributed by atoms with Crippen LogP contribution in [-0.2, 0) is 6.54 Å². The first-order valence-corrected chi connectivity index (χ1v) is 5.35. The van der Waals surface area contributed by atoms with E-state index in [1.807, 2.05) is 30.3 Å². The van der Waals surface area contributed by atoms with Gasteiger partial charge in [-0.05, 0) is 5.56 Å². The highest BCUT2D eigenvalue weighted by Crippen LogP contribution is 2.19. The number of nitrogens with zero attached hydrogens (tertiary/aromatic N) is 2. The van der Waals surface area contributed by atoms with Gasteiger partial charge in [-0.15, -0.1) is 0 Å². The normalized spacial score (nSPS) is 10.0. The van der Waals surface area contributed by atoms with Crippen molar-refractivity contribution in [3.05, 3.63) is 58.1 Å². The predicted octanol–water partition coefficient (Wildman–Crippen LogP) is 2.18. The monoisotopic (exact) mass is 244 g/mol. The molecule has 92 valence electrons. The summed E-state index contributed by atoms with van der Waals surface area (Å²) in [4.78, 5) is 14.2. The first-order chi connectivity index (χ1) is 8.65. The molecule has 1 heterocycles. The highest BCUT2D eigenvalue weighted by atomic mass is 16.6. The largest absolute Gasteiger partial charge is 0.383 e. The summed E-state index contributed by atoms with van der Waals surface area (Å²) < 4.78 is 0. The number of benzene rings is 1. The first kappa shape index (κ1) is 11.8. The average molecular weight is 244 g/mol. The maximum absolute atomic E-state index is 10.7. The number of hydrogen-bond acceptors (Lipinski definition) is 5. The molecule has 0 saturated heterocycles. The van der Waals surface area contributed by atoms with E-state index < -0.39 is 4.92 Å². The minimum atomic E-state index is -0.494. The minimum Gasteiger partial charge on any atom is -0.383 e. The van der Waals surface area contributed by atoms with Crippen molar-refractivity contribution in [2.75, 3.05) is 11.1 Å². The van der Waals surface area contributed by atoms with Crippen molar-refractivity contribution in [1.29, 1.82) is 0 Å². The van der Waals surface area contributed by atoms with Crippen LogP contribution in [0.1, 0.15) is 5.56 Å². The number of pyridine rings is 1. The Balaban J connectivity index is 2.12. The lowest BCUT2D eigenvalue weighted by atomic mass is 10.2. The van der Waals surface area contributed by atoms with Gasteiger partial charge >= 0.3 is 0 Å². The maximum Gasteiger partial charge on any atom is 0.276 e. The van der Waals surface area contributed by atoms with Crippen molar-refractivity contribution >= 4 is 17.3 Å². The summed E-state index contributed by atoms with van der Waals surface area (Å²) in [6, 6.07) is 12.3. The van der Waals surface area contributed by atoms with Gasteiger partial charge in [0.15, 0.2) is 0 Å². The van der Waals surface area contributed by atoms with E-state index in [9.17, 15) is 10.1 Å². The number of aromatic nitrogens is 1. The van der Waals surface area contributed by atoms with Crippen LogP contribution in [0.2, 0.25) is 0 Å². The fourth-order valence-electron chi connectivity index (χ4n) is 1.52. The molecule has 1 aromatic carbocycles. The van der Waals surface area contributed by atoms with Gasteiger partial charge in [-0.1, -0.05) is 30.3 Å². The number of anilines is 2. The summed E-state index contributed by atoms with van der Waals surface area (Å²) in [5.41, 5.74) is 6.50. The molecule has 0 radical (unpaired) electrons. The number of nitro groups is 1. The Morgan fingerprint density at radius 3 is 2.67 bits per heavy atom. The van der Waals surface area contributed by atoms with Crippen LogP contribution in [0, 0.1) is 10.1 Å². The maximum atomic E-state index is 10.7. The molecule has 1 aromatic heterocycles. The number of nitrogens with two attached hydrogens (primary N) is 1. The van der Waals surface area contributed by atoms with Crippen molar-refractivity contribution in [1.82, 2.24) is 4.98 Å². The molecule has 0 aliphatic heterocycles. The van der Waals surface area contributed by atoms with Crippen LogP contribution in [0.15, 0.2) is 42.5 Å². The van der Waals surface area contributed by atoms with Gasteiger partial charge in [0.05, 0.1) is 17.1 Å². The van der Waals surface area contributed by atoms with Gasteiger partial charge < -0.3 is 11.1 Å². The van der Waals surface area contributed by atoms with E-state index in [0.717, 1.165) is 5.56 Å². The summed E-state index contributed by atoms with van der Waals surface area (Å²) in [5.74, 6) is 0.519. The number of nitrogens with one attached hydrogen (secondary N) is 1. The minimum absolute atomic E-state index is 0.0712. The number of rotatable bonds is 4. The van der Waals surface area contributed by atoms with Gasteiger partial charge in [-0.25, -0.2) is 4.98 Å². The van der Waals surface area contributed by atoms with Crippen molar-refractivity contribution in [3.8, 4) is 0 Å². The lowest BCUT2D eigenvalue weighted by Crippen LogP contribution is -2.04. The van der Waals surface area contributed by atoms with Crippen LogP contribution < -0.4 is 11.1 Å². The topological polar surface area (TPSA) is 94.1 Å². The van der Waals surface area contributed by atoms with Gasteiger partial charge in [0.25, 0.3) is 5.69 Å². The lowest BCUT2D eigenvalue weighted by Gasteiger charge is -2.06. The Bertz CT molecular complexity index is 557. The number of nitrogen functional groups attached to an aromatic ring is 1. The fourth-order valence-corrected chi connectivity index (χ4v) is 1.52. The Morgan fingerprint density at radius 2 is 2.00 bits per heavy atom. The molecule has 18 heavy (non-hydrogen) atoms. The quantitative estimate of drug-likeness (QED) is 0.635. The third-order valence-corrected chi connectivity index (χ3v) is 2.36. The second kappa shape index (κ2) is 5.13. The molecule has 0 unspecified atom stereocenters. The Hall–Kier alpha value is -2.63. The molecule has 6 heteroatoms. The molecule has 0 atom stereocenters. The number of hydrogen-bond donors (Lipinski definition) is 2. The Morgan fingerprint density at radius 1 is 1.28 bits per heavy atom. The first-order valence-electron chi connectivity index (χ1n) is 5.35. The molecular formula is C12H12N4O2. The average Bonchev–Trinajstić information content (AvgIpc) is 2.37. The van der Waals surface area contributed by atoms with Crippen LogP contribution in [0.3, 0.4) is 0 Å². The molecule has 0 saturated carbocycles. The van der Waals surface area contributed by atoms with Gasteiger partial charge in [-0.2, -0.15) is 0 Å². The van der Waals surface area contributed by atoms with Crippen LogP contribution in [0.25, 0.3) is 0 Å². The van der Waals surface area contributed by atoms with Crippen molar-refractivity contribution in [2.24, 2.45) is 0 Å². The van der Waals surface area contributed by atoms with E-state index in [4.69, 9.17) is 5.73 Å². The van der Waals surface area contributed by atoms with Gasteiger partial charge in [0, 0.05) is 6.54 Å². The molecule has 0 amide bonds. The van der Waals surface area contributed by atoms with E-state index in [1.54, 1.807) is 0 Å². The fraction of sp³-hybridized carbons (Fsp3) is 0.0833. The highest BCUT2D eigenvalue weighted by molar-refractivity contribution is 5.52. The third kappa shape index (κ3) is 2.94. The highest BCUT2D eigenvalue weighted by Gasteiger charge is 2.09. The molecule has 2 aromatic rings. The zero-order chi connectivity index (χ0) is 13.0. The standard InChI is InChI=1S/C12H12N4O2/c13-11-6-10(16(17)18)7-12(15-11)14-8-9-4-2-1-3-5-9/h1-7H,8H2,(H3,13,14,15). The molecule has 0 bridgehead atoms. The van der Waals surface area contributed by atoms with E-state index in [-0.39, 0.29) is 11.5 Å². The molecule has 2 rings (SSSR count). The molecular weight excluding hydrogens is 232 g/mol. The van der Waals surface area contributed by atoms with Crippen molar-refractivity contribution < 1.29 is 4.92 Å². The zero-order valence-corrected chi connectivity index (χ0v) is 9.54. The lowest BCUT2D eigenvalue weighted by molar-refractivity contribution is -0.384. The summed E-state index contributed by atoms with van der Waals surface area (Å²) in [6.45, 7) is 0.536. The van der Waals surface area contributed by atoms with Crippen LogP contribution in [-0.4, -0.2) is 9.91 Å². The predicted molar refractivity (Wildman–Crippen MR) is 69.1 cm³/mol. The van der Waals surface area contributed by atoms with E-state index in [2.05, 4.69) is 10.3 Å². The third-order valence-electron chi connectivity index (χ3n) is 2.36. The molecule has 3 N–H and O–H groups in total. The van der Waals surface area contributed by atoms with E-state index >= 15 is 0 Å². The Kier molecular flexibility index (Phi) is 3.38. The van der Waals surface area contributed by atoms with Crippen LogP contribution >= 0.6 is 0 Å². The second-order valence-corrected chi connectivity index (χ2v) is 3.73. The van der Waals surface area contributed by atoms with Gasteiger partial charge in [0.2, 0.25) is 0 Å².